The van der Waals surface area contributed by atoms with E-state index in [1.165, 1.54) is 24.5 Å². The van der Waals surface area contributed by atoms with Crippen LogP contribution >= 0.6 is 15.9 Å². The minimum Gasteiger partial charge on any atom is -0.308 e. The lowest BCUT2D eigenvalue weighted by molar-refractivity contribution is 0.600. The Morgan fingerprint density at radius 1 is 1.05 bits per heavy atom. The summed E-state index contributed by atoms with van der Waals surface area (Å²) in [6.07, 6.45) is 2.70. The largest absolute Gasteiger partial charge is 0.308 e. The summed E-state index contributed by atoms with van der Waals surface area (Å²) in [5.41, 5.74) is 2.32. The van der Waals surface area contributed by atoms with Gasteiger partial charge in [-0.2, -0.15) is 0 Å². The zero-order chi connectivity index (χ0) is 13.9. The zero-order valence-electron chi connectivity index (χ0n) is 9.54. The minimum absolute atomic E-state index is 0.0243. The normalized spacial score (nSPS) is 11.1. The van der Waals surface area contributed by atoms with Crippen LogP contribution in [-0.4, -0.2) is 18.4 Å². The van der Waals surface area contributed by atoms with Crippen LogP contribution in [0.3, 0.4) is 0 Å². The average molecular weight is 344 g/mol. The molecule has 0 aliphatic carbocycles. The molecule has 2 heterocycles. The molecule has 0 saturated carbocycles. The number of nitrogens with zero attached hydrogens (tertiary/aromatic N) is 2. The first-order chi connectivity index (χ1) is 9.01. The molecule has 0 aromatic carbocycles. The van der Waals surface area contributed by atoms with E-state index in [1.54, 1.807) is 12.1 Å². The maximum absolute atomic E-state index is 12.0. The molecular formula is C10H10BrN5O2S. The van der Waals surface area contributed by atoms with Crippen LogP contribution in [0.4, 0.5) is 11.6 Å². The molecule has 9 heteroatoms. The summed E-state index contributed by atoms with van der Waals surface area (Å²) >= 11 is 3.22. The van der Waals surface area contributed by atoms with Crippen molar-refractivity contribution in [2.45, 2.75) is 4.90 Å². The van der Waals surface area contributed by atoms with E-state index in [2.05, 4.69) is 36.0 Å². The number of halogens is 1. The first-order valence-corrected chi connectivity index (χ1v) is 7.36. The van der Waals surface area contributed by atoms with Crippen molar-refractivity contribution in [2.24, 2.45) is 5.84 Å². The molecule has 0 saturated heterocycles. The SMILES string of the molecule is NNc1ccc(S(=O)(=O)Nc2ccc(Br)cn2)cn1. The second-order valence-electron chi connectivity index (χ2n) is 3.49. The van der Waals surface area contributed by atoms with Crippen molar-refractivity contribution in [1.29, 1.82) is 0 Å². The molecular weight excluding hydrogens is 334 g/mol. The quantitative estimate of drug-likeness (QED) is 0.570. The molecule has 4 N–H and O–H groups in total. The van der Waals surface area contributed by atoms with E-state index in [4.69, 9.17) is 5.84 Å². The lowest BCUT2D eigenvalue weighted by Gasteiger charge is -2.07. The molecule has 2 rings (SSSR count). The Morgan fingerprint density at radius 2 is 1.74 bits per heavy atom. The molecule has 0 spiro atoms. The lowest BCUT2D eigenvalue weighted by Crippen LogP contribution is -2.15. The Morgan fingerprint density at radius 3 is 2.26 bits per heavy atom. The van der Waals surface area contributed by atoms with E-state index >= 15 is 0 Å². The molecule has 0 atom stereocenters. The maximum atomic E-state index is 12.0. The standard InChI is InChI=1S/C10H10BrN5O2S/c11-7-1-3-10(13-5-7)16-19(17,18)8-2-4-9(15-12)14-6-8/h1-6H,12H2,(H,13,16)(H,14,15). The van der Waals surface area contributed by atoms with Crippen LogP contribution in [0.5, 0.6) is 0 Å². The number of anilines is 2. The van der Waals surface area contributed by atoms with Crippen molar-refractivity contribution in [3.05, 3.63) is 41.1 Å². The van der Waals surface area contributed by atoms with Crippen LogP contribution in [-0.2, 0) is 10.0 Å². The minimum atomic E-state index is -3.71. The van der Waals surface area contributed by atoms with E-state index in [9.17, 15) is 8.42 Å². The predicted octanol–water partition coefficient (Wildman–Crippen LogP) is 1.33. The molecule has 7 nitrogen and oxygen atoms in total. The Bertz CT molecular complexity index is 657. The fourth-order valence-corrected chi connectivity index (χ4v) is 2.44. The first-order valence-electron chi connectivity index (χ1n) is 5.08. The van der Waals surface area contributed by atoms with Gasteiger partial charge in [-0.3, -0.25) is 4.72 Å². The van der Waals surface area contributed by atoms with Crippen molar-refractivity contribution in [3.63, 3.8) is 0 Å². The molecule has 0 radical (unpaired) electrons. The Hall–Kier alpha value is -1.71. The van der Waals surface area contributed by atoms with Gasteiger partial charge in [-0.1, -0.05) is 0 Å². The number of aromatic nitrogens is 2. The molecule has 0 aliphatic heterocycles. The van der Waals surface area contributed by atoms with Gasteiger partial charge in [0.05, 0.1) is 0 Å². The summed E-state index contributed by atoms with van der Waals surface area (Å²) in [5.74, 6) is 5.76. The van der Waals surface area contributed by atoms with Gasteiger partial charge in [0.25, 0.3) is 10.0 Å². The van der Waals surface area contributed by atoms with Gasteiger partial charge in [-0.05, 0) is 40.2 Å². The molecule has 0 unspecified atom stereocenters. The summed E-state index contributed by atoms with van der Waals surface area (Å²) in [5, 5.41) is 0. The maximum Gasteiger partial charge on any atom is 0.264 e. The lowest BCUT2D eigenvalue weighted by atomic mass is 10.5. The second-order valence-corrected chi connectivity index (χ2v) is 6.09. The predicted molar refractivity (Wildman–Crippen MR) is 74.8 cm³/mol. The summed E-state index contributed by atoms with van der Waals surface area (Å²) < 4.78 is 27.2. The highest BCUT2D eigenvalue weighted by molar-refractivity contribution is 9.10. The number of sulfonamides is 1. The number of hydrogen-bond donors (Lipinski definition) is 3. The van der Waals surface area contributed by atoms with E-state index < -0.39 is 10.0 Å². The monoisotopic (exact) mass is 343 g/mol. The van der Waals surface area contributed by atoms with Crippen LogP contribution in [0.25, 0.3) is 0 Å². The van der Waals surface area contributed by atoms with E-state index in [0.29, 0.717) is 5.82 Å². The van der Waals surface area contributed by atoms with Gasteiger partial charge in [0.2, 0.25) is 0 Å². The van der Waals surface area contributed by atoms with E-state index in [1.807, 2.05) is 0 Å². The Balaban J connectivity index is 2.24. The van der Waals surface area contributed by atoms with Crippen LogP contribution < -0.4 is 16.0 Å². The van der Waals surface area contributed by atoms with Gasteiger partial charge >= 0.3 is 0 Å². The molecule has 19 heavy (non-hydrogen) atoms. The zero-order valence-corrected chi connectivity index (χ0v) is 11.9. The van der Waals surface area contributed by atoms with Crippen LogP contribution in [0, 0.1) is 0 Å². The van der Waals surface area contributed by atoms with Gasteiger partial charge in [-0.15, -0.1) is 0 Å². The highest BCUT2D eigenvalue weighted by atomic mass is 79.9. The third kappa shape index (κ3) is 3.40. The number of nitrogen functional groups attached to an aromatic ring is 1. The highest BCUT2D eigenvalue weighted by Gasteiger charge is 2.15. The molecule has 0 fully saturated rings. The van der Waals surface area contributed by atoms with Crippen molar-refractivity contribution in [2.75, 3.05) is 10.1 Å². The number of rotatable bonds is 4. The van der Waals surface area contributed by atoms with Crippen LogP contribution in [0.2, 0.25) is 0 Å². The Kier molecular flexibility index (Phi) is 3.98. The first kappa shape index (κ1) is 13.7. The van der Waals surface area contributed by atoms with Crippen molar-refractivity contribution in [1.82, 2.24) is 9.97 Å². The fourth-order valence-electron chi connectivity index (χ4n) is 1.26. The fraction of sp³-hybridized carbons (Fsp3) is 0. The van der Waals surface area contributed by atoms with Gasteiger partial charge in [0, 0.05) is 16.9 Å². The third-order valence-corrected chi connectivity index (χ3v) is 3.97. The van der Waals surface area contributed by atoms with Gasteiger partial charge in [0.1, 0.15) is 16.5 Å². The van der Waals surface area contributed by atoms with Gasteiger partial charge in [-0.25, -0.2) is 24.2 Å². The summed E-state index contributed by atoms with van der Waals surface area (Å²) in [6, 6.07) is 6.09. The molecule has 100 valence electrons. The van der Waals surface area contributed by atoms with Crippen molar-refractivity contribution < 1.29 is 8.42 Å². The van der Waals surface area contributed by atoms with Gasteiger partial charge in [0.15, 0.2) is 0 Å². The van der Waals surface area contributed by atoms with Crippen LogP contribution in [0.15, 0.2) is 46.0 Å². The number of hydrazine groups is 1. The topological polar surface area (TPSA) is 110 Å². The molecule has 0 aliphatic rings. The average Bonchev–Trinajstić information content (AvgIpc) is 2.41. The third-order valence-electron chi connectivity index (χ3n) is 2.16. The number of nitrogens with one attached hydrogen (secondary N) is 2. The van der Waals surface area contributed by atoms with E-state index in [-0.39, 0.29) is 10.7 Å². The number of hydrogen-bond acceptors (Lipinski definition) is 6. The number of pyridine rings is 2. The highest BCUT2D eigenvalue weighted by Crippen LogP contribution is 2.16. The molecule has 0 bridgehead atoms. The van der Waals surface area contributed by atoms with Gasteiger partial charge < -0.3 is 5.43 Å². The van der Waals surface area contributed by atoms with Crippen LogP contribution in [0.1, 0.15) is 0 Å². The van der Waals surface area contributed by atoms with E-state index in [0.717, 1.165) is 4.47 Å². The summed E-state index contributed by atoms with van der Waals surface area (Å²) in [4.78, 5) is 7.79. The van der Waals surface area contributed by atoms with Crippen molar-refractivity contribution >= 4 is 37.6 Å². The smallest absolute Gasteiger partial charge is 0.264 e. The second kappa shape index (κ2) is 5.51. The molecule has 2 aromatic heterocycles. The van der Waals surface area contributed by atoms with Crippen molar-refractivity contribution in [3.8, 4) is 0 Å². The molecule has 2 aromatic rings. The molecule has 0 amide bonds. The summed E-state index contributed by atoms with van der Waals surface area (Å²) in [6.45, 7) is 0. The number of nitrogens with two attached hydrogens (primary N) is 1. The Labute approximate surface area is 118 Å². The summed E-state index contributed by atoms with van der Waals surface area (Å²) in [7, 11) is -3.71.